The monoisotopic (exact) mass is 291 g/mol. The molecule has 0 fully saturated rings. The number of pyridine rings is 1. The lowest BCUT2D eigenvalue weighted by molar-refractivity contribution is -0.384. The lowest BCUT2D eigenvalue weighted by Gasteiger charge is -2.22. The van der Waals surface area contributed by atoms with E-state index in [1.54, 1.807) is 4.90 Å². The minimum Gasteiger partial charge on any atom is -0.321 e. The largest absolute Gasteiger partial charge is 0.321 e. The Kier molecular flexibility index (Phi) is 4.20. The van der Waals surface area contributed by atoms with Crippen LogP contribution in [-0.4, -0.2) is 16.5 Å². The predicted molar refractivity (Wildman–Crippen MR) is 79.8 cm³/mol. The van der Waals surface area contributed by atoms with Crippen LogP contribution in [0.25, 0.3) is 0 Å². The Bertz CT molecular complexity index is 629. The van der Waals surface area contributed by atoms with Crippen LogP contribution in [0.2, 0.25) is 5.15 Å². The van der Waals surface area contributed by atoms with Gasteiger partial charge in [0.25, 0.3) is 0 Å². The Morgan fingerprint density at radius 1 is 1.25 bits per heavy atom. The average molecular weight is 292 g/mol. The minimum absolute atomic E-state index is 0.0585. The number of aromatic nitrogens is 1. The van der Waals surface area contributed by atoms with E-state index in [9.17, 15) is 10.1 Å². The summed E-state index contributed by atoms with van der Waals surface area (Å²) in [5, 5.41) is 11.4. The van der Waals surface area contributed by atoms with Gasteiger partial charge in [-0.3, -0.25) is 10.1 Å². The second-order valence-corrected chi connectivity index (χ2v) is 4.70. The molecule has 0 amide bonds. The molecule has 0 aliphatic rings. The van der Waals surface area contributed by atoms with E-state index >= 15 is 0 Å². The van der Waals surface area contributed by atoms with Crippen molar-refractivity contribution >= 4 is 28.8 Å². The molecule has 0 bridgehead atoms. The van der Waals surface area contributed by atoms with Gasteiger partial charge >= 0.3 is 5.69 Å². The van der Waals surface area contributed by atoms with Gasteiger partial charge in [-0.25, -0.2) is 4.98 Å². The first-order chi connectivity index (χ1) is 9.52. The van der Waals surface area contributed by atoms with Crippen molar-refractivity contribution in [1.29, 1.82) is 0 Å². The molecule has 0 spiro atoms. The number of nitrogens with zero attached hydrogens (tertiary/aromatic N) is 3. The quantitative estimate of drug-likeness (QED) is 0.483. The van der Waals surface area contributed by atoms with Gasteiger partial charge in [-0.1, -0.05) is 29.3 Å². The summed E-state index contributed by atoms with van der Waals surface area (Å²) in [6, 6.07) is 10.5. The molecule has 1 aromatic heterocycles. The summed E-state index contributed by atoms with van der Waals surface area (Å²) in [6.45, 7) is 4.45. The Morgan fingerprint density at radius 3 is 2.45 bits per heavy atom. The van der Waals surface area contributed by atoms with Crippen LogP contribution in [0.4, 0.5) is 17.2 Å². The lowest BCUT2D eigenvalue weighted by atomic mass is 10.2. The second kappa shape index (κ2) is 5.88. The highest BCUT2D eigenvalue weighted by atomic mass is 35.5. The molecule has 2 rings (SSSR count). The highest BCUT2D eigenvalue weighted by Crippen LogP contribution is 2.32. The first-order valence-electron chi connectivity index (χ1n) is 6.18. The SMILES string of the molecule is CCN(c1ccc(C)cc1)c1nc(Cl)ccc1[N+](=O)[O-]. The molecule has 0 atom stereocenters. The number of aryl methyl sites for hydroxylation is 1. The molecule has 0 saturated carbocycles. The zero-order valence-corrected chi connectivity index (χ0v) is 12.0. The number of halogens is 1. The van der Waals surface area contributed by atoms with Crippen LogP contribution in [0.15, 0.2) is 36.4 Å². The third-order valence-electron chi connectivity index (χ3n) is 2.93. The van der Waals surface area contributed by atoms with Crippen LogP contribution >= 0.6 is 11.6 Å². The maximum atomic E-state index is 11.1. The van der Waals surface area contributed by atoms with Crippen molar-refractivity contribution in [2.75, 3.05) is 11.4 Å². The maximum absolute atomic E-state index is 11.1. The van der Waals surface area contributed by atoms with E-state index in [0.717, 1.165) is 11.3 Å². The molecule has 0 unspecified atom stereocenters. The molecule has 104 valence electrons. The van der Waals surface area contributed by atoms with Gasteiger partial charge in [-0.2, -0.15) is 0 Å². The van der Waals surface area contributed by atoms with Crippen molar-refractivity contribution in [3.8, 4) is 0 Å². The molecule has 20 heavy (non-hydrogen) atoms. The van der Waals surface area contributed by atoms with Crippen molar-refractivity contribution in [1.82, 2.24) is 4.98 Å². The number of rotatable bonds is 4. The smallest absolute Gasteiger partial charge is 0.312 e. The van der Waals surface area contributed by atoms with Crippen molar-refractivity contribution in [2.24, 2.45) is 0 Å². The predicted octanol–water partition coefficient (Wildman–Crippen LogP) is 4.11. The number of anilines is 2. The summed E-state index contributed by atoms with van der Waals surface area (Å²) < 4.78 is 0. The zero-order valence-electron chi connectivity index (χ0n) is 11.2. The molecular weight excluding hydrogens is 278 g/mol. The molecule has 0 aliphatic carbocycles. The van der Waals surface area contributed by atoms with Gasteiger partial charge in [0, 0.05) is 18.3 Å². The van der Waals surface area contributed by atoms with Crippen LogP contribution in [0.5, 0.6) is 0 Å². The molecule has 0 N–H and O–H groups in total. The number of hydrogen-bond donors (Lipinski definition) is 0. The van der Waals surface area contributed by atoms with Crippen LogP contribution in [-0.2, 0) is 0 Å². The number of nitro groups is 1. The van der Waals surface area contributed by atoms with Crippen molar-refractivity contribution < 1.29 is 4.92 Å². The lowest BCUT2D eigenvalue weighted by Crippen LogP contribution is -2.18. The molecule has 0 radical (unpaired) electrons. The third kappa shape index (κ3) is 2.88. The summed E-state index contributed by atoms with van der Waals surface area (Å²) in [6.07, 6.45) is 0. The average Bonchev–Trinajstić information content (AvgIpc) is 2.41. The Hall–Kier alpha value is -2.14. The molecular formula is C14H14ClN3O2. The summed E-state index contributed by atoms with van der Waals surface area (Å²) in [5.74, 6) is 0.258. The fraction of sp³-hybridized carbons (Fsp3) is 0.214. The van der Waals surface area contributed by atoms with Gasteiger partial charge in [-0.15, -0.1) is 0 Å². The van der Waals surface area contributed by atoms with E-state index in [4.69, 9.17) is 11.6 Å². The standard InChI is InChI=1S/C14H14ClN3O2/c1-3-17(11-6-4-10(2)5-7-11)14-12(18(19)20)8-9-13(15)16-14/h4-9H,3H2,1-2H3. The number of hydrogen-bond acceptors (Lipinski definition) is 4. The highest BCUT2D eigenvalue weighted by Gasteiger charge is 2.21. The molecule has 1 aromatic carbocycles. The topological polar surface area (TPSA) is 59.3 Å². The van der Waals surface area contributed by atoms with Crippen molar-refractivity contribution in [3.05, 3.63) is 57.2 Å². The number of benzene rings is 1. The van der Waals surface area contributed by atoms with Crippen LogP contribution < -0.4 is 4.90 Å². The Balaban J connectivity index is 2.53. The normalized spacial score (nSPS) is 10.3. The molecule has 0 saturated heterocycles. The molecule has 5 nitrogen and oxygen atoms in total. The second-order valence-electron chi connectivity index (χ2n) is 4.31. The molecule has 0 aliphatic heterocycles. The fourth-order valence-corrected chi connectivity index (χ4v) is 2.08. The van der Waals surface area contributed by atoms with E-state index in [0.29, 0.717) is 6.54 Å². The maximum Gasteiger partial charge on any atom is 0.312 e. The van der Waals surface area contributed by atoms with Crippen LogP contribution in [0.3, 0.4) is 0 Å². The van der Waals surface area contributed by atoms with Gasteiger partial charge in [0.2, 0.25) is 5.82 Å². The van der Waals surface area contributed by atoms with Gasteiger partial charge in [0.05, 0.1) is 4.92 Å². The Labute approximate surface area is 122 Å². The Morgan fingerprint density at radius 2 is 1.90 bits per heavy atom. The first-order valence-corrected chi connectivity index (χ1v) is 6.56. The van der Waals surface area contributed by atoms with E-state index in [-0.39, 0.29) is 16.7 Å². The first kappa shape index (κ1) is 14.3. The molecule has 1 heterocycles. The molecule has 2 aromatic rings. The van der Waals surface area contributed by atoms with Gasteiger partial charge in [-0.05, 0) is 32.0 Å². The van der Waals surface area contributed by atoms with E-state index in [1.165, 1.54) is 12.1 Å². The van der Waals surface area contributed by atoms with Crippen LogP contribution in [0.1, 0.15) is 12.5 Å². The summed E-state index contributed by atoms with van der Waals surface area (Å²) in [5.41, 5.74) is 1.91. The minimum atomic E-state index is -0.449. The molecule has 6 heteroatoms. The van der Waals surface area contributed by atoms with Crippen molar-refractivity contribution in [3.63, 3.8) is 0 Å². The zero-order chi connectivity index (χ0) is 14.7. The highest BCUT2D eigenvalue weighted by molar-refractivity contribution is 6.29. The summed E-state index contributed by atoms with van der Waals surface area (Å²) >= 11 is 5.87. The van der Waals surface area contributed by atoms with Gasteiger partial charge in [0.1, 0.15) is 5.15 Å². The van der Waals surface area contributed by atoms with Crippen molar-refractivity contribution in [2.45, 2.75) is 13.8 Å². The van der Waals surface area contributed by atoms with E-state index < -0.39 is 4.92 Å². The van der Waals surface area contributed by atoms with Gasteiger partial charge < -0.3 is 4.90 Å². The fourth-order valence-electron chi connectivity index (χ4n) is 1.94. The third-order valence-corrected chi connectivity index (χ3v) is 3.15. The van der Waals surface area contributed by atoms with E-state index in [2.05, 4.69) is 4.98 Å². The summed E-state index contributed by atoms with van der Waals surface area (Å²) in [7, 11) is 0. The van der Waals surface area contributed by atoms with Gasteiger partial charge in [0.15, 0.2) is 0 Å². The van der Waals surface area contributed by atoms with Crippen LogP contribution in [0, 0.1) is 17.0 Å². The summed E-state index contributed by atoms with van der Waals surface area (Å²) in [4.78, 5) is 16.6. The van der Waals surface area contributed by atoms with E-state index in [1.807, 2.05) is 38.1 Å².